The summed E-state index contributed by atoms with van der Waals surface area (Å²) in [6.07, 6.45) is 1.54. The van der Waals surface area contributed by atoms with E-state index in [1.54, 1.807) is 0 Å². The number of nitrogens with zero attached hydrogens (tertiary/aromatic N) is 3. The number of benzene rings is 1. The van der Waals surface area contributed by atoms with Gasteiger partial charge >= 0.3 is 5.97 Å². The van der Waals surface area contributed by atoms with Crippen LogP contribution >= 0.6 is 0 Å². The summed E-state index contributed by atoms with van der Waals surface area (Å²) in [7, 11) is 0. The van der Waals surface area contributed by atoms with Crippen molar-refractivity contribution >= 4 is 11.9 Å². The van der Waals surface area contributed by atoms with Gasteiger partial charge in [0.15, 0.2) is 5.69 Å². The van der Waals surface area contributed by atoms with Crippen molar-refractivity contribution in [1.29, 1.82) is 0 Å². The van der Waals surface area contributed by atoms with Crippen LogP contribution in [0.2, 0.25) is 0 Å². The molecule has 2 aromatic rings. The number of carbonyl (C=O) groups is 2. The molecule has 1 aromatic carbocycles. The number of halogens is 1. The highest BCUT2D eigenvalue weighted by Gasteiger charge is 2.23. The van der Waals surface area contributed by atoms with Crippen molar-refractivity contribution in [3.05, 3.63) is 42.0 Å². The van der Waals surface area contributed by atoms with Crippen molar-refractivity contribution in [2.75, 3.05) is 0 Å². The minimum atomic E-state index is -1.10. The van der Waals surface area contributed by atoms with Crippen LogP contribution in [0, 0.1) is 11.7 Å². The molecule has 8 heteroatoms. The summed E-state index contributed by atoms with van der Waals surface area (Å²) in [5.41, 5.74) is 0.478. The first-order valence-corrected chi connectivity index (χ1v) is 7.08. The average molecular weight is 320 g/mol. The Labute approximate surface area is 132 Å². The molecule has 0 saturated heterocycles. The van der Waals surface area contributed by atoms with Gasteiger partial charge in [-0.2, -0.15) is 9.90 Å². The number of nitrogens with one attached hydrogen (secondary N) is 1. The molecule has 23 heavy (non-hydrogen) atoms. The smallest absolute Gasteiger partial charge is 0.326 e. The number of carbonyl (C=O) groups excluding carboxylic acids is 1. The van der Waals surface area contributed by atoms with Gasteiger partial charge in [0, 0.05) is 0 Å². The van der Waals surface area contributed by atoms with E-state index in [1.807, 2.05) is 13.8 Å². The van der Waals surface area contributed by atoms with Gasteiger partial charge in [0.05, 0.1) is 11.9 Å². The summed E-state index contributed by atoms with van der Waals surface area (Å²) in [4.78, 5) is 24.4. The first kappa shape index (κ1) is 16.6. The van der Waals surface area contributed by atoms with Crippen molar-refractivity contribution in [3.8, 4) is 5.69 Å². The summed E-state index contributed by atoms with van der Waals surface area (Å²) in [5.74, 6) is -1.99. The molecule has 0 spiro atoms. The molecule has 0 fully saturated rings. The highest BCUT2D eigenvalue weighted by atomic mass is 19.1. The molecular formula is C15H17FN4O3. The first-order valence-electron chi connectivity index (χ1n) is 7.08. The van der Waals surface area contributed by atoms with Crippen LogP contribution in [0.15, 0.2) is 30.5 Å². The maximum absolute atomic E-state index is 12.9. The van der Waals surface area contributed by atoms with Crippen molar-refractivity contribution in [2.45, 2.75) is 26.3 Å². The summed E-state index contributed by atoms with van der Waals surface area (Å²) in [6.45, 7) is 3.74. The lowest BCUT2D eigenvalue weighted by molar-refractivity contribution is -0.139. The average Bonchev–Trinajstić information content (AvgIpc) is 2.96. The van der Waals surface area contributed by atoms with Crippen LogP contribution in [0.25, 0.3) is 5.69 Å². The lowest BCUT2D eigenvalue weighted by Crippen LogP contribution is -2.41. The van der Waals surface area contributed by atoms with Crippen molar-refractivity contribution in [1.82, 2.24) is 20.3 Å². The molecule has 0 radical (unpaired) electrons. The van der Waals surface area contributed by atoms with Gasteiger partial charge in [-0.05, 0) is 36.6 Å². The van der Waals surface area contributed by atoms with Crippen LogP contribution in [0.4, 0.5) is 4.39 Å². The molecule has 1 atom stereocenters. The number of rotatable bonds is 6. The largest absolute Gasteiger partial charge is 0.480 e. The molecule has 0 saturated carbocycles. The molecule has 1 amide bonds. The second-order valence-electron chi connectivity index (χ2n) is 5.49. The molecule has 2 N–H and O–H groups in total. The minimum Gasteiger partial charge on any atom is -0.480 e. The molecule has 0 bridgehead atoms. The summed E-state index contributed by atoms with van der Waals surface area (Å²) in [5, 5.41) is 19.5. The first-order chi connectivity index (χ1) is 10.9. The Hall–Kier alpha value is -2.77. The topological polar surface area (TPSA) is 97.1 Å². The molecular weight excluding hydrogens is 303 g/mol. The fourth-order valence-electron chi connectivity index (χ4n) is 1.99. The fraction of sp³-hybridized carbons (Fsp3) is 0.333. The third-order valence-electron chi connectivity index (χ3n) is 3.09. The van der Waals surface area contributed by atoms with Crippen LogP contribution < -0.4 is 5.32 Å². The molecule has 0 aliphatic heterocycles. The zero-order valence-corrected chi connectivity index (χ0v) is 12.7. The van der Waals surface area contributed by atoms with E-state index < -0.39 is 23.7 Å². The molecule has 1 aromatic heterocycles. The van der Waals surface area contributed by atoms with Gasteiger partial charge in [0.2, 0.25) is 0 Å². The van der Waals surface area contributed by atoms with E-state index in [0.29, 0.717) is 12.1 Å². The predicted octanol–water partition coefficient (Wildman–Crippen LogP) is 1.64. The van der Waals surface area contributed by atoms with Crippen LogP contribution in [-0.2, 0) is 4.79 Å². The third kappa shape index (κ3) is 4.35. The van der Waals surface area contributed by atoms with Gasteiger partial charge in [-0.25, -0.2) is 9.18 Å². The predicted molar refractivity (Wildman–Crippen MR) is 79.7 cm³/mol. The van der Waals surface area contributed by atoms with Crippen molar-refractivity contribution in [2.24, 2.45) is 5.92 Å². The Morgan fingerprint density at radius 2 is 1.96 bits per heavy atom. The highest BCUT2D eigenvalue weighted by molar-refractivity contribution is 5.94. The number of amides is 1. The molecule has 7 nitrogen and oxygen atoms in total. The Morgan fingerprint density at radius 1 is 1.30 bits per heavy atom. The van der Waals surface area contributed by atoms with Gasteiger partial charge in [-0.3, -0.25) is 4.79 Å². The second kappa shape index (κ2) is 6.99. The van der Waals surface area contributed by atoms with E-state index in [4.69, 9.17) is 5.11 Å². The van der Waals surface area contributed by atoms with E-state index in [0.717, 1.165) is 0 Å². The molecule has 1 heterocycles. The fourth-order valence-corrected chi connectivity index (χ4v) is 1.99. The molecule has 0 aliphatic rings. The van der Waals surface area contributed by atoms with Gasteiger partial charge in [-0.1, -0.05) is 13.8 Å². The number of carboxylic acids is 1. The number of aromatic nitrogens is 3. The third-order valence-corrected chi connectivity index (χ3v) is 3.09. The maximum atomic E-state index is 12.9. The van der Waals surface area contributed by atoms with Gasteiger partial charge in [0.1, 0.15) is 11.9 Å². The van der Waals surface area contributed by atoms with E-state index >= 15 is 0 Å². The molecule has 2 rings (SSSR count). The normalized spacial score (nSPS) is 12.2. The Bertz CT molecular complexity index is 697. The second-order valence-corrected chi connectivity index (χ2v) is 5.49. The number of carboxylic acid groups (broad SMARTS) is 1. The van der Waals surface area contributed by atoms with Crippen molar-refractivity contribution < 1.29 is 19.1 Å². The standard InChI is InChI=1S/C15H17FN4O3/c1-9(2)7-12(15(22)23)18-14(21)13-8-17-20(19-13)11-5-3-10(16)4-6-11/h3-6,8-9,12H,7H2,1-2H3,(H,18,21)(H,22,23). The van der Waals surface area contributed by atoms with Crippen LogP contribution in [0.5, 0.6) is 0 Å². The lowest BCUT2D eigenvalue weighted by Gasteiger charge is -2.15. The Kier molecular flexibility index (Phi) is 5.05. The SMILES string of the molecule is CC(C)CC(NC(=O)c1cnn(-c2ccc(F)cc2)n1)C(=O)O. The van der Waals surface area contributed by atoms with E-state index in [2.05, 4.69) is 15.5 Å². The number of hydrogen-bond acceptors (Lipinski definition) is 4. The Balaban J connectivity index is 2.11. The zero-order valence-electron chi connectivity index (χ0n) is 12.7. The molecule has 1 unspecified atom stereocenters. The van der Waals surface area contributed by atoms with Crippen LogP contribution in [0.3, 0.4) is 0 Å². The Morgan fingerprint density at radius 3 is 2.52 bits per heavy atom. The van der Waals surface area contributed by atoms with E-state index in [1.165, 1.54) is 35.3 Å². The van der Waals surface area contributed by atoms with E-state index in [9.17, 15) is 14.0 Å². The number of hydrogen-bond donors (Lipinski definition) is 2. The summed E-state index contributed by atoms with van der Waals surface area (Å²) in [6, 6.07) is 4.45. The molecule has 0 aliphatic carbocycles. The highest BCUT2D eigenvalue weighted by Crippen LogP contribution is 2.08. The van der Waals surface area contributed by atoms with Crippen LogP contribution in [0.1, 0.15) is 30.8 Å². The number of aliphatic carboxylic acids is 1. The van der Waals surface area contributed by atoms with Gasteiger partial charge in [0.25, 0.3) is 5.91 Å². The van der Waals surface area contributed by atoms with Gasteiger partial charge in [-0.15, -0.1) is 5.10 Å². The molecule has 122 valence electrons. The minimum absolute atomic E-state index is 0.00988. The summed E-state index contributed by atoms with van der Waals surface area (Å²) < 4.78 is 12.9. The monoisotopic (exact) mass is 320 g/mol. The zero-order chi connectivity index (χ0) is 17.0. The van der Waals surface area contributed by atoms with Gasteiger partial charge < -0.3 is 10.4 Å². The van der Waals surface area contributed by atoms with Crippen molar-refractivity contribution in [3.63, 3.8) is 0 Å². The summed E-state index contributed by atoms with van der Waals surface area (Å²) >= 11 is 0. The lowest BCUT2D eigenvalue weighted by atomic mass is 10.0. The maximum Gasteiger partial charge on any atom is 0.326 e. The quantitative estimate of drug-likeness (QED) is 0.843. The van der Waals surface area contributed by atoms with E-state index in [-0.39, 0.29) is 11.6 Å². The van der Waals surface area contributed by atoms with Crippen LogP contribution in [-0.4, -0.2) is 38.0 Å².